The molecule has 2 aromatic heterocycles. The van der Waals surface area contributed by atoms with Crippen molar-refractivity contribution in [1.29, 1.82) is 0 Å². The van der Waals surface area contributed by atoms with Gasteiger partial charge < -0.3 is 0 Å². The maximum absolute atomic E-state index is 13.6. The Balaban J connectivity index is 1.31. The second-order valence-corrected chi connectivity index (χ2v) is 11.2. The van der Waals surface area contributed by atoms with E-state index in [0.717, 1.165) is 29.9 Å². The number of hydrogen-bond donors (Lipinski definition) is 0. The van der Waals surface area contributed by atoms with Crippen LogP contribution in [0.2, 0.25) is 0 Å². The van der Waals surface area contributed by atoms with Gasteiger partial charge in [-0.1, -0.05) is 24.3 Å². The molecule has 0 spiro atoms. The molecule has 2 aliphatic carbocycles. The van der Waals surface area contributed by atoms with Crippen molar-refractivity contribution >= 4 is 52.2 Å². The van der Waals surface area contributed by atoms with E-state index in [2.05, 4.69) is 23.6 Å². The Kier molecular flexibility index (Phi) is 5.57. The molecule has 8 heteroatoms. The van der Waals surface area contributed by atoms with Crippen LogP contribution in [0.3, 0.4) is 0 Å². The van der Waals surface area contributed by atoms with Crippen LogP contribution in [0.4, 0.5) is 0 Å². The van der Waals surface area contributed by atoms with Crippen LogP contribution in [0.15, 0.2) is 57.9 Å². The molecule has 0 N–H and O–H groups in total. The van der Waals surface area contributed by atoms with E-state index in [1.807, 2.05) is 29.7 Å². The third-order valence-electron chi connectivity index (χ3n) is 7.34. The fourth-order valence-electron chi connectivity index (χ4n) is 5.72. The standard InChI is InChI=1S/C26H25N3O3S2/c30-22(15-28-25(31)18-8-1-2-9-19(18)26(28)32)29-24(21-11-5-13-34-21)20-10-3-6-16(23(20)27-29)14-17-7-4-12-33-17/h1-2,4-5,7,11-14,18-20,24H,3,6,8-10,15H2/b16-14+. The van der Waals surface area contributed by atoms with Crippen LogP contribution in [0.5, 0.6) is 0 Å². The number of amides is 3. The van der Waals surface area contributed by atoms with E-state index in [1.54, 1.807) is 27.7 Å². The lowest BCUT2D eigenvalue weighted by molar-refractivity contribution is -0.147. The molecule has 6 nitrogen and oxygen atoms in total. The van der Waals surface area contributed by atoms with Crippen molar-refractivity contribution in [3.63, 3.8) is 0 Å². The predicted molar refractivity (Wildman–Crippen MR) is 133 cm³/mol. The summed E-state index contributed by atoms with van der Waals surface area (Å²) >= 11 is 3.31. The number of carbonyl (C=O) groups excluding carboxylic acids is 3. The molecule has 0 radical (unpaired) electrons. The van der Waals surface area contributed by atoms with E-state index in [-0.39, 0.29) is 48.1 Å². The lowest BCUT2D eigenvalue weighted by atomic mass is 9.79. The summed E-state index contributed by atoms with van der Waals surface area (Å²) in [6.07, 6.45) is 10.2. The summed E-state index contributed by atoms with van der Waals surface area (Å²) in [5.74, 6) is -1.26. The van der Waals surface area contributed by atoms with Gasteiger partial charge in [-0.05, 0) is 66.6 Å². The number of hydrazone groups is 1. The van der Waals surface area contributed by atoms with Crippen molar-refractivity contribution in [2.75, 3.05) is 6.54 Å². The fourth-order valence-corrected chi connectivity index (χ4v) is 7.28. The molecule has 3 amide bonds. The van der Waals surface area contributed by atoms with Gasteiger partial charge in [0.2, 0.25) is 11.8 Å². The van der Waals surface area contributed by atoms with Crippen LogP contribution in [-0.2, 0) is 14.4 Å². The van der Waals surface area contributed by atoms with E-state index >= 15 is 0 Å². The number of hydrogen-bond acceptors (Lipinski definition) is 6. The van der Waals surface area contributed by atoms with Crippen LogP contribution >= 0.6 is 22.7 Å². The van der Waals surface area contributed by atoms with Gasteiger partial charge in [0.25, 0.3) is 5.91 Å². The van der Waals surface area contributed by atoms with Crippen molar-refractivity contribution in [1.82, 2.24) is 9.91 Å². The van der Waals surface area contributed by atoms with Crippen molar-refractivity contribution < 1.29 is 14.4 Å². The smallest absolute Gasteiger partial charge is 0.263 e. The number of rotatable bonds is 4. The SMILES string of the molecule is O=C1C2CC=CCC2C(=O)N1CC(=O)N1N=C2/C(=C/c3cccs3)CCCC2C1c1cccs1. The third-order valence-corrected chi connectivity index (χ3v) is 9.11. The van der Waals surface area contributed by atoms with Crippen molar-refractivity contribution in [2.45, 2.75) is 38.1 Å². The maximum Gasteiger partial charge on any atom is 0.263 e. The van der Waals surface area contributed by atoms with E-state index in [4.69, 9.17) is 5.10 Å². The fraction of sp³-hybridized carbons (Fsp3) is 0.385. The predicted octanol–water partition coefficient (Wildman–Crippen LogP) is 4.88. The quantitative estimate of drug-likeness (QED) is 0.452. The molecular formula is C26H25N3O3S2. The Labute approximate surface area is 206 Å². The maximum atomic E-state index is 13.6. The largest absolute Gasteiger partial charge is 0.274 e. The monoisotopic (exact) mass is 491 g/mol. The summed E-state index contributed by atoms with van der Waals surface area (Å²) in [6, 6.07) is 7.99. The van der Waals surface area contributed by atoms with Crippen LogP contribution < -0.4 is 0 Å². The van der Waals surface area contributed by atoms with Gasteiger partial charge in [0.15, 0.2) is 0 Å². The zero-order chi connectivity index (χ0) is 23.2. The number of fused-ring (bicyclic) bond motifs is 2. The Morgan fingerprint density at radius 2 is 1.76 bits per heavy atom. The van der Waals surface area contributed by atoms with Crippen LogP contribution in [0, 0.1) is 17.8 Å². The van der Waals surface area contributed by atoms with Gasteiger partial charge in [0, 0.05) is 15.7 Å². The van der Waals surface area contributed by atoms with Crippen molar-refractivity contribution in [2.24, 2.45) is 22.9 Å². The Morgan fingerprint density at radius 3 is 2.44 bits per heavy atom. The number of carbonyl (C=O) groups is 3. The minimum absolute atomic E-state index is 0.124. The van der Waals surface area contributed by atoms with Gasteiger partial charge in [-0.3, -0.25) is 19.3 Å². The normalized spacial score (nSPS) is 29.5. The molecule has 6 rings (SSSR count). The molecule has 0 aromatic carbocycles. The second kappa shape index (κ2) is 8.74. The van der Waals surface area contributed by atoms with E-state index < -0.39 is 0 Å². The summed E-state index contributed by atoms with van der Waals surface area (Å²) in [5, 5.41) is 10.5. The molecule has 4 atom stereocenters. The molecule has 4 aliphatic rings. The summed E-state index contributed by atoms with van der Waals surface area (Å²) in [7, 11) is 0. The number of likely N-dealkylation sites (tertiary alicyclic amines) is 1. The second-order valence-electron chi connectivity index (χ2n) is 9.29. The van der Waals surface area contributed by atoms with E-state index in [9.17, 15) is 14.4 Å². The number of thiophene rings is 2. The van der Waals surface area contributed by atoms with Crippen LogP contribution in [-0.4, -0.2) is 39.9 Å². The van der Waals surface area contributed by atoms with Crippen molar-refractivity contribution in [3.8, 4) is 0 Å². The van der Waals surface area contributed by atoms with Gasteiger partial charge in [-0.25, -0.2) is 5.01 Å². The highest BCUT2D eigenvalue weighted by Gasteiger charge is 2.50. The van der Waals surface area contributed by atoms with Gasteiger partial charge in [0.1, 0.15) is 6.54 Å². The molecule has 0 bridgehead atoms. The highest BCUT2D eigenvalue weighted by Crippen LogP contribution is 2.46. The highest BCUT2D eigenvalue weighted by molar-refractivity contribution is 7.11. The van der Waals surface area contributed by atoms with Gasteiger partial charge >= 0.3 is 0 Å². The average Bonchev–Trinajstić information content (AvgIpc) is 3.64. The Bertz CT molecular complexity index is 1190. The Morgan fingerprint density at radius 1 is 1.03 bits per heavy atom. The molecule has 1 saturated carbocycles. The number of nitrogens with zero attached hydrogens (tertiary/aromatic N) is 3. The third kappa shape index (κ3) is 3.60. The molecule has 174 valence electrons. The molecule has 34 heavy (non-hydrogen) atoms. The summed E-state index contributed by atoms with van der Waals surface area (Å²) in [5.41, 5.74) is 2.16. The zero-order valence-electron chi connectivity index (χ0n) is 18.6. The summed E-state index contributed by atoms with van der Waals surface area (Å²) in [4.78, 5) is 43.0. The minimum atomic E-state index is -0.328. The first-order valence-electron chi connectivity index (χ1n) is 11.8. The Hall–Kier alpha value is -2.84. The van der Waals surface area contributed by atoms with Crippen molar-refractivity contribution in [3.05, 3.63) is 62.5 Å². The molecule has 2 fully saturated rings. The molecule has 4 unspecified atom stereocenters. The van der Waals surface area contributed by atoms with E-state index in [1.165, 1.54) is 15.4 Å². The van der Waals surface area contributed by atoms with E-state index in [0.29, 0.717) is 12.8 Å². The number of imide groups is 1. The lowest BCUT2D eigenvalue weighted by Gasteiger charge is -2.29. The van der Waals surface area contributed by atoms with Gasteiger partial charge in [-0.2, -0.15) is 5.10 Å². The molecular weight excluding hydrogens is 466 g/mol. The molecule has 1 saturated heterocycles. The zero-order valence-corrected chi connectivity index (χ0v) is 20.3. The molecule has 2 aromatic rings. The minimum Gasteiger partial charge on any atom is -0.274 e. The van der Waals surface area contributed by atoms with Gasteiger partial charge in [0.05, 0.1) is 23.6 Å². The molecule has 2 aliphatic heterocycles. The topological polar surface area (TPSA) is 70.1 Å². The first-order chi connectivity index (χ1) is 16.6. The highest BCUT2D eigenvalue weighted by atomic mass is 32.1. The summed E-state index contributed by atoms with van der Waals surface area (Å²) in [6.45, 7) is -0.236. The van der Waals surface area contributed by atoms with Crippen LogP contribution in [0.25, 0.3) is 6.08 Å². The van der Waals surface area contributed by atoms with Gasteiger partial charge in [-0.15, -0.1) is 22.7 Å². The first-order valence-corrected chi connectivity index (χ1v) is 13.6. The average molecular weight is 492 g/mol. The summed E-state index contributed by atoms with van der Waals surface area (Å²) < 4.78 is 0. The number of allylic oxidation sites excluding steroid dienone is 3. The van der Waals surface area contributed by atoms with Crippen LogP contribution in [0.1, 0.15) is 47.9 Å². The lowest BCUT2D eigenvalue weighted by Crippen LogP contribution is -2.42. The first kappa shape index (κ1) is 21.7. The molecule has 4 heterocycles.